The van der Waals surface area contributed by atoms with Crippen molar-refractivity contribution in [3.05, 3.63) is 28.4 Å². The van der Waals surface area contributed by atoms with Crippen molar-refractivity contribution in [2.75, 3.05) is 32.9 Å². The molecule has 118 valence electrons. The van der Waals surface area contributed by atoms with Crippen molar-refractivity contribution in [1.82, 2.24) is 5.32 Å². The van der Waals surface area contributed by atoms with Gasteiger partial charge < -0.3 is 14.8 Å². The van der Waals surface area contributed by atoms with Crippen LogP contribution in [0.25, 0.3) is 0 Å². The van der Waals surface area contributed by atoms with Crippen LogP contribution < -0.4 is 5.32 Å². The summed E-state index contributed by atoms with van der Waals surface area (Å²) >= 11 is 6.63. The first kappa shape index (κ1) is 19.8. The van der Waals surface area contributed by atoms with Gasteiger partial charge in [0.1, 0.15) is 0 Å². The first-order valence-electron chi connectivity index (χ1n) is 6.66. The van der Waals surface area contributed by atoms with E-state index in [1.807, 2.05) is 19.1 Å². The molecular formula is C14H18I3NO3. The summed E-state index contributed by atoms with van der Waals surface area (Å²) in [5.41, 5.74) is 0.649. The van der Waals surface area contributed by atoms with Crippen LogP contribution in [0.4, 0.5) is 0 Å². The largest absolute Gasteiger partial charge is 0.462 e. The van der Waals surface area contributed by atoms with Gasteiger partial charge >= 0.3 is 5.97 Å². The van der Waals surface area contributed by atoms with Gasteiger partial charge in [-0.3, -0.25) is 0 Å². The Morgan fingerprint density at radius 3 is 2.67 bits per heavy atom. The lowest BCUT2D eigenvalue weighted by atomic mass is 10.2. The molecule has 0 saturated carbocycles. The monoisotopic (exact) mass is 629 g/mol. The lowest BCUT2D eigenvalue weighted by molar-refractivity contribution is 0.0498. The molecule has 0 unspecified atom stereocenters. The van der Waals surface area contributed by atoms with Gasteiger partial charge in [-0.1, -0.05) is 0 Å². The molecule has 0 atom stereocenters. The van der Waals surface area contributed by atoms with Crippen molar-refractivity contribution in [2.24, 2.45) is 0 Å². The van der Waals surface area contributed by atoms with Crippen LogP contribution in [-0.4, -0.2) is 38.9 Å². The molecule has 0 amide bonds. The van der Waals surface area contributed by atoms with E-state index in [-0.39, 0.29) is 5.97 Å². The Hall–Kier alpha value is 0.800. The lowest BCUT2D eigenvalue weighted by Crippen LogP contribution is -2.22. The quantitative estimate of drug-likeness (QED) is 0.196. The zero-order chi connectivity index (χ0) is 15.7. The summed E-state index contributed by atoms with van der Waals surface area (Å²) in [7, 11) is 0. The Kier molecular flexibility index (Phi) is 10.7. The Bertz CT molecular complexity index is 469. The van der Waals surface area contributed by atoms with Crippen molar-refractivity contribution in [1.29, 1.82) is 0 Å². The molecule has 0 heterocycles. The molecule has 0 aliphatic rings. The number of hydrogen-bond donors (Lipinski definition) is 1. The number of rotatable bonds is 9. The summed E-state index contributed by atoms with van der Waals surface area (Å²) in [5.74, 6) is -0.245. The second kappa shape index (κ2) is 11.4. The number of benzene rings is 1. The molecule has 1 aromatic carbocycles. The van der Waals surface area contributed by atoms with Crippen LogP contribution in [-0.2, 0) is 9.47 Å². The molecular weight excluding hydrogens is 611 g/mol. The van der Waals surface area contributed by atoms with Gasteiger partial charge in [-0.25, -0.2) is 4.79 Å². The number of hydrogen-bond acceptors (Lipinski definition) is 4. The van der Waals surface area contributed by atoms with Crippen LogP contribution >= 0.6 is 67.8 Å². The molecule has 0 aliphatic heterocycles. The molecule has 1 N–H and O–H groups in total. The van der Waals surface area contributed by atoms with Crippen molar-refractivity contribution in [3.63, 3.8) is 0 Å². The van der Waals surface area contributed by atoms with E-state index in [0.717, 1.165) is 43.4 Å². The Labute approximate surface area is 166 Å². The molecule has 21 heavy (non-hydrogen) atoms. The van der Waals surface area contributed by atoms with E-state index in [0.29, 0.717) is 12.2 Å². The van der Waals surface area contributed by atoms with Gasteiger partial charge in [-0.2, -0.15) is 0 Å². The van der Waals surface area contributed by atoms with Crippen molar-refractivity contribution in [2.45, 2.75) is 13.3 Å². The predicted molar refractivity (Wildman–Crippen MR) is 109 cm³/mol. The fraction of sp³-hybridized carbons (Fsp3) is 0.500. The van der Waals surface area contributed by atoms with Gasteiger partial charge in [0.2, 0.25) is 0 Å². The normalized spacial score (nSPS) is 10.7. The number of carbonyl (C=O) groups excluding carboxylic acids is 1. The SMILES string of the molecule is CCOCCNCCCOC(=O)c1cc(I)cc(I)c1I. The maximum Gasteiger partial charge on any atom is 0.339 e. The third kappa shape index (κ3) is 7.75. The molecule has 1 aromatic rings. The average Bonchev–Trinajstić information content (AvgIpc) is 2.45. The van der Waals surface area contributed by atoms with Crippen molar-refractivity contribution < 1.29 is 14.3 Å². The number of esters is 1. The highest BCUT2D eigenvalue weighted by Gasteiger charge is 2.14. The van der Waals surface area contributed by atoms with E-state index in [1.54, 1.807) is 0 Å². The van der Waals surface area contributed by atoms with Gasteiger partial charge in [0.05, 0.1) is 18.8 Å². The molecule has 0 spiro atoms. The highest BCUT2D eigenvalue weighted by atomic mass is 127. The third-order valence-electron chi connectivity index (χ3n) is 2.57. The van der Waals surface area contributed by atoms with Gasteiger partial charge in [-0.05, 0) is 99.8 Å². The first-order valence-corrected chi connectivity index (χ1v) is 9.90. The van der Waals surface area contributed by atoms with Crippen molar-refractivity contribution >= 4 is 73.7 Å². The molecule has 0 saturated heterocycles. The molecule has 0 aliphatic carbocycles. The van der Waals surface area contributed by atoms with Crippen LogP contribution in [0.1, 0.15) is 23.7 Å². The first-order chi connectivity index (χ1) is 10.1. The maximum atomic E-state index is 12.1. The minimum absolute atomic E-state index is 0.245. The van der Waals surface area contributed by atoms with Crippen LogP contribution in [0.3, 0.4) is 0 Å². The minimum atomic E-state index is -0.245. The second-order valence-electron chi connectivity index (χ2n) is 4.19. The Balaban J connectivity index is 2.28. The van der Waals surface area contributed by atoms with Gasteiger partial charge in [0, 0.05) is 23.9 Å². The zero-order valence-electron chi connectivity index (χ0n) is 11.8. The Morgan fingerprint density at radius 1 is 1.19 bits per heavy atom. The molecule has 7 heteroatoms. The third-order valence-corrected chi connectivity index (χ3v) is 6.24. The fourth-order valence-corrected chi connectivity index (χ4v) is 3.93. The van der Waals surface area contributed by atoms with E-state index >= 15 is 0 Å². The maximum absolute atomic E-state index is 12.1. The molecule has 4 nitrogen and oxygen atoms in total. The van der Waals surface area contributed by atoms with Gasteiger partial charge in [0.25, 0.3) is 0 Å². The minimum Gasteiger partial charge on any atom is -0.462 e. The molecule has 0 bridgehead atoms. The summed E-state index contributed by atoms with van der Waals surface area (Å²) in [4.78, 5) is 12.1. The number of nitrogens with one attached hydrogen (secondary N) is 1. The number of halogens is 3. The standard InChI is InChI=1S/C14H18I3NO3/c1-2-20-7-5-18-4-3-6-21-14(19)11-8-10(15)9-12(16)13(11)17/h8-9,18H,2-7H2,1H3. The predicted octanol–water partition coefficient (Wildman–Crippen LogP) is 3.67. The Morgan fingerprint density at radius 2 is 1.95 bits per heavy atom. The van der Waals surface area contributed by atoms with Crippen LogP contribution in [0.5, 0.6) is 0 Å². The van der Waals surface area contributed by atoms with Crippen LogP contribution in [0.2, 0.25) is 0 Å². The highest BCUT2D eigenvalue weighted by molar-refractivity contribution is 14.1. The average molecular weight is 629 g/mol. The summed E-state index contributed by atoms with van der Waals surface area (Å²) < 4.78 is 13.6. The van der Waals surface area contributed by atoms with Crippen LogP contribution in [0.15, 0.2) is 12.1 Å². The van der Waals surface area contributed by atoms with E-state index in [4.69, 9.17) is 9.47 Å². The summed E-state index contributed by atoms with van der Waals surface area (Å²) in [6, 6.07) is 3.91. The molecule has 0 fully saturated rings. The van der Waals surface area contributed by atoms with Gasteiger partial charge in [-0.15, -0.1) is 0 Å². The molecule has 0 aromatic heterocycles. The smallest absolute Gasteiger partial charge is 0.339 e. The fourth-order valence-electron chi connectivity index (χ4n) is 1.56. The zero-order valence-corrected chi connectivity index (χ0v) is 18.2. The van der Waals surface area contributed by atoms with Gasteiger partial charge in [0.15, 0.2) is 0 Å². The second-order valence-corrected chi connectivity index (χ2v) is 7.67. The van der Waals surface area contributed by atoms with E-state index in [9.17, 15) is 4.79 Å². The van der Waals surface area contributed by atoms with Crippen molar-refractivity contribution in [3.8, 4) is 0 Å². The summed E-state index contributed by atoms with van der Waals surface area (Å²) in [6.07, 6.45) is 0.801. The van der Waals surface area contributed by atoms with E-state index < -0.39 is 0 Å². The van der Waals surface area contributed by atoms with E-state index in [1.165, 1.54) is 0 Å². The summed E-state index contributed by atoms with van der Waals surface area (Å²) in [5, 5.41) is 3.24. The lowest BCUT2D eigenvalue weighted by Gasteiger charge is -2.09. The topological polar surface area (TPSA) is 47.6 Å². The molecule has 0 radical (unpaired) electrons. The number of ether oxygens (including phenoxy) is 2. The number of carbonyl (C=O) groups is 1. The molecule has 1 rings (SSSR count). The van der Waals surface area contributed by atoms with E-state index in [2.05, 4.69) is 73.1 Å². The van der Waals surface area contributed by atoms with Crippen LogP contribution in [0, 0.1) is 10.7 Å². The summed E-state index contributed by atoms with van der Waals surface area (Å²) in [6.45, 7) is 5.52. The highest BCUT2D eigenvalue weighted by Crippen LogP contribution is 2.23.